The first-order valence-electron chi connectivity index (χ1n) is 6.16. The number of halogens is 3. The minimum atomic E-state index is -4.13. The maximum atomic E-state index is 13.3. The number of rotatable bonds is 2. The summed E-state index contributed by atoms with van der Waals surface area (Å²) in [6.07, 6.45) is 2.61. The van der Waals surface area contributed by atoms with Crippen LogP contribution in [0.15, 0.2) is 24.3 Å². The summed E-state index contributed by atoms with van der Waals surface area (Å²) in [5, 5.41) is 0.773. The minimum absolute atomic E-state index is 0.174. The van der Waals surface area contributed by atoms with Gasteiger partial charge in [-0.3, -0.25) is 0 Å². The summed E-state index contributed by atoms with van der Waals surface area (Å²) in [5.74, 6) is 0.174. The number of benzene rings is 1. The molecule has 1 unspecified atom stereocenters. The molecule has 1 saturated carbocycles. The molecule has 0 nitrogen and oxygen atoms in total. The van der Waals surface area contributed by atoms with E-state index in [0.29, 0.717) is 9.58 Å². The topological polar surface area (TPSA) is 0 Å². The minimum Gasteiger partial charge on any atom is -0.118 e. The lowest BCUT2D eigenvalue weighted by atomic mass is 10.1. The van der Waals surface area contributed by atoms with E-state index in [1.165, 1.54) is 0 Å². The average molecular weight is 271 g/mol. The van der Waals surface area contributed by atoms with Crippen molar-refractivity contribution in [2.75, 3.05) is 0 Å². The van der Waals surface area contributed by atoms with Gasteiger partial charge in [-0.05, 0) is 30.9 Å². The normalized spacial score (nSPS) is 17.4. The Balaban J connectivity index is 2.28. The first-order valence-corrected chi connectivity index (χ1v) is 7.39. The predicted molar refractivity (Wildman–Crippen MR) is 69.1 cm³/mol. The highest BCUT2D eigenvalue weighted by atomic mass is 32.2. The number of thiophene rings is 1. The summed E-state index contributed by atoms with van der Waals surface area (Å²) in [4.78, 5) is 0.616. The molecule has 1 aromatic heterocycles. The molecule has 1 fully saturated rings. The molecule has 1 atom stereocenters. The van der Waals surface area contributed by atoms with Gasteiger partial charge in [0.15, 0.2) is 9.58 Å². The predicted octanol–water partition coefficient (Wildman–Crippen LogP) is 5.51. The molecule has 0 bridgehead atoms. The average Bonchev–Trinajstić information content (AvgIpc) is 3.07. The molecule has 3 rings (SSSR count). The maximum absolute atomic E-state index is 13.3. The zero-order chi connectivity index (χ0) is 12.9. The Morgan fingerprint density at radius 2 is 1.94 bits per heavy atom. The van der Waals surface area contributed by atoms with E-state index in [4.69, 9.17) is 0 Å². The lowest BCUT2D eigenvalue weighted by Crippen LogP contribution is -1.97. The third-order valence-corrected chi connectivity index (χ3v) is 5.63. The van der Waals surface area contributed by atoms with Crippen molar-refractivity contribution in [1.29, 1.82) is 0 Å². The van der Waals surface area contributed by atoms with Gasteiger partial charge >= 0.3 is 5.51 Å². The Bertz CT molecular complexity index is 591. The Kier molecular flexibility index (Phi) is 2.66. The highest BCUT2D eigenvalue weighted by Gasteiger charge is 2.51. The molecule has 2 aromatic rings. The molecule has 1 aliphatic rings. The van der Waals surface area contributed by atoms with Crippen LogP contribution in [-0.4, -0.2) is 0 Å². The van der Waals surface area contributed by atoms with Gasteiger partial charge in [0.2, 0.25) is 0 Å². The summed E-state index contributed by atoms with van der Waals surface area (Å²) >= 11 is 0. The molecule has 18 heavy (non-hydrogen) atoms. The molecule has 1 aromatic carbocycles. The molecule has 0 radical (unpaired) electrons. The van der Waals surface area contributed by atoms with Gasteiger partial charge in [-0.2, -0.15) is 0 Å². The van der Waals surface area contributed by atoms with E-state index >= 15 is 0 Å². The van der Waals surface area contributed by atoms with Crippen molar-refractivity contribution >= 4 is 20.6 Å². The number of aryl methyl sites for hydroxylation is 1. The fourth-order valence-electron chi connectivity index (χ4n) is 2.34. The number of hydrogen-bond donors (Lipinski definition) is 0. The van der Waals surface area contributed by atoms with E-state index < -0.39 is 16.0 Å². The van der Waals surface area contributed by atoms with Gasteiger partial charge in [0.25, 0.3) is 0 Å². The molecular formula is C14H14F3S+. The van der Waals surface area contributed by atoms with Crippen LogP contribution in [0, 0.1) is 0 Å². The van der Waals surface area contributed by atoms with Crippen molar-refractivity contribution < 1.29 is 13.2 Å². The van der Waals surface area contributed by atoms with Crippen LogP contribution >= 0.6 is 10.5 Å². The molecular weight excluding hydrogens is 257 g/mol. The summed E-state index contributed by atoms with van der Waals surface area (Å²) < 4.78 is 40.3. The van der Waals surface area contributed by atoms with Gasteiger partial charge in [-0.1, -0.05) is 13.0 Å². The highest BCUT2D eigenvalue weighted by molar-refractivity contribution is 7.38. The molecule has 0 amide bonds. The molecule has 1 aliphatic carbocycles. The fraction of sp³-hybridized carbons (Fsp3) is 0.429. The SMILES string of the molecule is CCc1ccc2cc(C3CC3)[s+](C(F)(F)F)c2c1. The summed E-state index contributed by atoms with van der Waals surface area (Å²) in [6, 6.07) is 7.30. The van der Waals surface area contributed by atoms with Crippen molar-refractivity contribution in [3.63, 3.8) is 0 Å². The second-order valence-corrected chi connectivity index (χ2v) is 6.79. The zero-order valence-electron chi connectivity index (χ0n) is 10.1. The molecule has 0 aliphatic heterocycles. The van der Waals surface area contributed by atoms with Crippen LogP contribution in [0.3, 0.4) is 0 Å². The van der Waals surface area contributed by atoms with Gasteiger partial charge < -0.3 is 0 Å². The molecule has 0 spiro atoms. The summed E-state index contributed by atoms with van der Waals surface area (Å²) in [7, 11) is -1.68. The Labute approximate surface area is 106 Å². The van der Waals surface area contributed by atoms with Crippen LogP contribution in [-0.2, 0) is 11.9 Å². The quantitative estimate of drug-likeness (QED) is 0.632. The van der Waals surface area contributed by atoms with E-state index in [2.05, 4.69) is 0 Å². The smallest absolute Gasteiger partial charge is 0.118 e. The van der Waals surface area contributed by atoms with Crippen LogP contribution in [0.25, 0.3) is 10.1 Å². The van der Waals surface area contributed by atoms with E-state index in [0.717, 1.165) is 30.2 Å². The third kappa shape index (κ3) is 1.92. The van der Waals surface area contributed by atoms with Crippen molar-refractivity contribution in [1.82, 2.24) is 0 Å². The van der Waals surface area contributed by atoms with Crippen LogP contribution in [0.2, 0.25) is 0 Å². The highest BCUT2D eigenvalue weighted by Crippen LogP contribution is 2.57. The van der Waals surface area contributed by atoms with Gasteiger partial charge in [-0.25, -0.2) is 0 Å². The first-order chi connectivity index (χ1) is 8.50. The Morgan fingerprint density at radius 3 is 2.50 bits per heavy atom. The van der Waals surface area contributed by atoms with Gasteiger partial charge in [0.05, 0.1) is 10.5 Å². The van der Waals surface area contributed by atoms with E-state index in [-0.39, 0.29) is 5.92 Å². The van der Waals surface area contributed by atoms with E-state index in [1.54, 1.807) is 12.1 Å². The monoisotopic (exact) mass is 271 g/mol. The summed E-state index contributed by atoms with van der Waals surface area (Å²) in [5.41, 5.74) is -3.15. The van der Waals surface area contributed by atoms with Crippen molar-refractivity contribution in [2.24, 2.45) is 0 Å². The van der Waals surface area contributed by atoms with Gasteiger partial charge in [0.1, 0.15) is 0 Å². The number of fused-ring (bicyclic) bond motifs is 1. The van der Waals surface area contributed by atoms with Gasteiger partial charge in [0, 0.05) is 23.4 Å². The largest absolute Gasteiger partial charge is 0.600 e. The second-order valence-electron chi connectivity index (χ2n) is 4.80. The standard InChI is InChI=1S/C14H14F3S/c1-2-9-3-4-11-8-13(10-5-6-10)18(12(11)7-9)14(15,16)17/h3-4,7-8,10H,2,5-6H2,1H3/q+1. The summed E-state index contributed by atoms with van der Waals surface area (Å²) in [6.45, 7) is 1.97. The maximum Gasteiger partial charge on any atom is 0.600 e. The Morgan fingerprint density at radius 1 is 1.22 bits per heavy atom. The number of alkyl halides is 3. The van der Waals surface area contributed by atoms with E-state index in [1.807, 2.05) is 19.1 Å². The molecule has 96 valence electrons. The lowest BCUT2D eigenvalue weighted by Gasteiger charge is -2.00. The molecule has 0 N–H and O–H groups in total. The number of hydrogen-bond acceptors (Lipinski definition) is 0. The third-order valence-electron chi connectivity index (χ3n) is 3.45. The Hall–Kier alpha value is -1.03. The molecule has 0 saturated heterocycles. The van der Waals surface area contributed by atoms with Crippen molar-refractivity contribution in [3.05, 3.63) is 34.7 Å². The van der Waals surface area contributed by atoms with Gasteiger partial charge in [-0.15, -0.1) is 13.2 Å². The molecule has 1 heterocycles. The second kappa shape index (κ2) is 3.98. The molecule has 4 heteroatoms. The van der Waals surface area contributed by atoms with Crippen molar-refractivity contribution in [2.45, 2.75) is 37.6 Å². The van der Waals surface area contributed by atoms with Crippen LogP contribution in [0.4, 0.5) is 13.2 Å². The fourth-order valence-corrected chi connectivity index (χ4v) is 4.56. The van der Waals surface area contributed by atoms with Crippen molar-refractivity contribution in [3.8, 4) is 0 Å². The lowest BCUT2D eigenvalue weighted by molar-refractivity contribution is -0.0867. The van der Waals surface area contributed by atoms with E-state index in [9.17, 15) is 13.2 Å². The van der Waals surface area contributed by atoms with Crippen LogP contribution in [0.1, 0.15) is 36.1 Å². The first kappa shape index (κ1) is 12.0. The van der Waals surface area contributed by atoms with Crippen LogP contribution in [0.5, 0.6) is 0 Å². The zero-order valence-corrected chi connectivity index (χ0v) is 10.9. The van der Waals surface area contributed by atoms with Crippen LogP contribution < -0.4 is 0 Å².